The second-order valence-electron chi connectivity index (χ2n) is 7.72. The third-order valence-electron chi connectivity index (χ3n) is 5.69. The van der Waals surface area contributed by atoms with E-state index in [1.807, 2.05) is 100 Å². The maximum Gasteiger partial charge on any atom is 0.272 e. The molecule has 0 amide bonds. The van der Waals surface area contributed by atoms with Crippen molar-refractivity contribution in [2.45, 2.75) is 18.5 Å². The Kier molecular flexibility index (Phi) is 6.38. The van der Waals surface area contributed by atoms with E-state index in [-0.39, 0.29) is 11.5 Å². The van der Waals surface area contributed by atoms with Crippen molar-refractivity contribution in [3.05, 3.63) is 107 Å². The van der Waals surface area contributed by atoms with E-state index in [1.54, 1.807) is 0 Å². The maximum absolute atomic E-state index is 15.1. The molecule has 1 atom stereocenters. The van der Waals surface area contributed by atoms with Gasteiger partial charge >= 0.3 is 0 Å². The minimum atomic E-state index is -3.38. The van der Waals surface area contributed by atoms with Crippen LogP contribution in [0.5, 0.6) is 0 Å². The lowest BCUT2D eigenvalue weighted by Gasteiger charge is -2.48. The molecule has 31 heavy (non-hydrogen) atoms. The molecule has 1 saturated heterocycles. The van der Waals surface area contributed by atoms with Crippen LogP contribution in [-0.4, -0.2) is 30.2 Å². The standard InChI is InChI=1S/C24H26N3O3P/c28-27(29)20-24(19-21-11-4-1-5-12-21)31(30)25(22-13-6-2-7-14-22)17-10-18-26(31)23-15-8-3-9-16-23/h1-9,11-16,24H,10,17-20H2. The van der Waals surface area contributed by atoms with Crippen LogP contribution in [0, 0.1) is 10.1 Å². The Morgan fingerprint density at radius 3 is 1.71 bits per heavy atom. The van der Waals surface area contributed by atoms with E-state index in [1.165, 1.54) is 0 Å². The summed E-state index contributed by atoms with van der Waals surface area (Å²) < 4.78 is 18.9. The Balaban J connectivity index is 1.84. The molecule has 0 aliphatic carbocycles. The second-order valence-corrected chi connectivity index (χ2v) is 10.6. The topological polar surface area (TPSA) is 66.7 Å². The molecule has 6 nitrogen and oxygen atoms in total. The van der Waals surface area contributed by atoms with Crippen LogP contribution in [0.3, 0.4) is 0 Å². The van der Waals surface area contributed by atoms with Crippen LogP contribution in [0.1, 0.15) is 12.0 Å². The third kappa shape index (κ3) is 4.49. The van der Waals surface area contributed by atoms with E-state index in [2.05, 4.69) is 0 Å². The molecule has 0 aromatic heterocycles. The summed E-state index contributed by atoms with van der Waals surface area (Å²) in [5, 5.41) is 11.7. The zero-order chi connectivity index (χ0) is 21.7. The van der Waals surface area contributed by atoms with Crippen LogP contribution in [0.25, 0.3) is 0 Å². The lowest BCUT2D eigenvalue weighted by molar-refractivity contribution is -0.479. The van der Waals surface area contributed by atoms with Gasteiger partial charge in [-0.3, -0.25) is 14.7 Å². The SMILES string of the molecule is O=[N+]([O-])CC(Cc1ccccc1)P1(=O)N(c2ccccc2)CCCN1c1ccccc1. The van der Waals surface area contributed by atoms with Crippen molar-refractivity contribution in [1.82, 2.24) is 0 Å². The Morgan fingerprint density at radius 2 is 1.26 bits per heavy atom. The summed E-state index contributed by atoms with van der Waals surface area (Å²) in [7, 11) is -3.38. The molecule has 1 aliphatic heterocycles. The fourth-order valence-corrected chi connectivity index (χ4v) is 7.95. The zero-order valence-corrected chi connectivity index (χ0v) is 18.2. The van der Waals surface area contributed by atoms with Crippen molar-refractivity contribution >= 4 is 18.8 Å². The van der Waals surface area contributed by atoms with Crippen molar-refractivity contribution in [2.24, 2.45) is 0 Å². The second kappa shape index (κ2) is 9.36. The van der Waals surface area contributed by atoms with Gasteiger partial charge in [0.25, 0.3) is 7.44 Å². The molecular formula is C24H26N3O3P. The molecule has 3 aromatic rings. The minimum Gasteiger partial charge on any atom is -0.306 e. The number of para-hydroxylation sites is 2. The molecule has 1 aliphatic rings. The molecular weight excluding hydrogens is 409 g/mol. The van der Waals surface area contributed by atoms with E-state index < -0.39 is 13.1 Å². The molecule has 1 unspecified atom stereocenters. The van der Waals surface area contributed by atoms with Gasteiger partial charge in [0.2, 0.25) is 6.54 Å². The van der Waals surface area contributed by atoms with Crippen LogP contribution in [0.4, 0.5) is 11.4 Å². The molecule has 3 aromatic carbocycles. The van der Waals surface area contributed by atoms with Crippen LogP contribution in [-0.2, 0) is 11.0 Å². The highest BCUT2D eigenvalue weighted by Crippen LogP contribution is 2.62. The summed E-state index contributed by atoms with van der Waals surface area (Å²) in [6, 6.07) is 28.9. The number of benzene rings is 3. The van der Waals surface area contributed by atoms with Gasteiger partial charge in [-0.1, -0.05) is 66.7 Å². The van der Waals surface area contributed by atoms with Gasteiger partial charge < -0.3 is 9.34 Å². The highest BCUT2D eigenvalue weighted by atomic mass is 31.2. The number of hydrogen-bond acceptors (Lipinski definition) is 3. The van der Waals surface area contributed by atoms with E-state index in [4.69, 9.17) is 0 Å². The van der Waals surface area contributed by atoms with Gasteiger partial charge in [-0.15, -0.1) is 0 Å². The largest absolute Gasteiger partial charge is 0.306 e. The molecule has 0 bridgehead atoms. The summed E-state index contributed by atoms with van der Waals surface area (Å²) in [4.78, 5) is 11.4. The average molecular weight is 435 g/mol. The lowest BCUT2D eigenvalue weighted by atomic mass is 10.1. The molecule has 160 valence electrons. The van der Waals surface area contributed by atoms with Crippen molar-refractivity contribution in [2.75, 3.05) is 29.0 Å². The first-order valence-electron chi connectivity index (χ1n) is 10.5. The first-order chi connectivity index (χ1) is 15.1. The van der Waals surface area contributed by atoms with Crippen LogP contribution in [0.2, 0.25) is 0 Å². The molecule has 7 heteroatoms. The van der Waals surface area contributed by atoms with Gasteiger partial charge in [-0.2, -0.15) is 0 Å². The Morgan fingerprint density at radius 1 is 0.806 bits per heavy atom. The van der Waals surface area contributed by atoms with Crippen molar-refractivity contribution in [3.63, 3.8) is 0 Å². The van der Waals surface area contributed by atoms with Crippen molar-refractivity contribution in [1.29, 1.82) is 0 Å². The van der Waals surface area contributed by atoms with E-state index in [9.17, 15) is 10.1 Å². The van der Waals surface area contributed by atoms with Crippen LogP contribution in [0.15, 0.2) is 91.0 Å². The Hall–Kier alpha value is -3.11. The lowest BCUT2D eigenvalue weighted by Crippen LogP contribution is -2.46. The van der Waals surface area contributed by atoms with Gasteiger partial charge in [0.05, 0.1) is 0 Å². The summed E-state index contributed by atoms with van der Waals surface area (Å²) >= 11 is 0. The third-order valence-corrected chi connectivity index (χ3v) is 9.23. The average Bonchev–Trinajstić information content (AvgIpc) is 2.80. The maximum atomic E-state index is 15.1. The molecule has 1 heterocycles. The number of nitro groups is 1. The quantitative estimate of drug-likeness (QED) is 0.279. The number of anilines is 2. The Labute approximate surface area is 182 Å². The van der Waals surface area contributed by atoms with Gasteiger partial charge in [0, 0.05) is 29.4 Å². The van der Waals surface area contributed by atoms with E-state index in [0.717, 1.165) is 23.4 Å². The summed E-state index contributed by atoms with van der Waals surface area (Å²) in [5.74, 6) is 0. The molecule has 0 spiro atoms. The molecule has 0 radical (unpaired) electrons. The van der Waals surface area contributed by atoms with Crippen LogP contribution >= 0.6 is 7.44 Å². The molecule has 1 fully saturated rings. The van der Waals surface area contributed by atoms with Crippen molar-refractivity contribution < 1.29 is 9.49 Å². The zero-order valence-electron chi connectivity index (χ0n) is 17.3. The van der Waals surface area contributed by atoms with Gasteiger partial charge in [0.15, 0.2) is 0 Å². The number of hydrogen-bond donors (Lipinski definition) is 0. The summed E-state index contributed by atoms with van der Waals surface area (Å²) in [6.07, 6.45) is 1.20. The Bertz CT molecular complexity index is 996. The predicted molar refractivity (Wildman–Crippen MR) is 126 cm³/mol. The monoisotopic (exact) mass is 435 g/mol. The van der Waals surface area contributed by atoms with Gasteiger partial charge in [0.1, 0.15) is 5.66 Å². The first-order valence-corrected chi connectivity index (χ1v) is 12.2. The van der Waals surface area contributed by atoms with Gasteiger partial charge in [-0.25, -0.2) is 0 Å². The predicted octanol–water partition coefficient (Wildman–Crippen LogP) is 5.48. The van der Waals surface area contributed by atoms with E-state index in [0.29, 0.717) is 19.5 Å². The fourth-order valence-electron chi connectivity index (χ4n) is 4.32. The molecule has 0 saturated carbocycles. The van der Waals surface area contributed by atoms with E-state index >= 15 is 4.57 Å². The summed E-state index contributed by atoms with van der Waals surface area (Å²) in [6.45, 7) is 0.861. The molecule has 0 N–H and O–H groups in total. The minimum absolute atomic E-state index is 0.325. The van der Waals surface area contributed by atoms with Gasteiger partial charge in [-0.05, 0) is 42.7 Å². The first kappa shape index (κ1) is 21.1. The molecule has 4 rings (SSSR count). The summed E-state index contributed by atoms with van der Waals surface area (Å²) in [5.41, 5.74) is 1.99. The fraction of sp³-hybridized carbons (Fsp3) is 0.250. The normalized spacial score (nSPS) is 16.6. The van der Waals surface area contributed by atoms with Crippen LogP contribution < -0.4 is 9.34 Å². The van der Waals surface area contributed by atoms with Crippen molar-refractivity contribution in [3.8, 4) is 0 Å². The highest BCUT2D eigenvalue weighted by molar-refractivity contribution is 7.68. The smallest absolute Gasteiger partial charge is 0.272 e. The number of rotatable bonds is 7. The number of nitrogens with zero attached hydrogens (tertiary/aromatic N) is 3. The highest BCUT2D eigenvalue weighted by Gasteiger charge is 2.49.